The van der Waals surface area contributed by atoms with E-state index in [9.17, 15) is 0 Å². The summed E-state index contributed by atoms with van der Waals surface area (Å²) in [6.07, 6.45) is 6.05. The molecule has 0 heterocycles. The van der Waals surface area contributed by atoms with Crippen molar-refractivity contribution in [3.63, 3.8) is 0 Å². The molecule has 0 radical (unpaired) electrons. The molecule has 3 N–H and O–H groups in total. The molecule has 0 aliphatic carbocycles. The third-order valence-corrected chi connectivity index (χ3v) is 3.83. The van der Waals surface area contributed by atoms with E-state index in [1.54, 1.807) is 0 Å². The van der Waals surface area contributed by atoms with Crippen molar-refractivity contribution >= 4 is 5.84 Å². The molecular formula is C20H26N2O. The fraction of sp³-hybridized carbons (Fsp3) is 0.350. The van der Waals surface area contributed by atoms with Crippen LogP contribution in [0.25, 0.3) is 0 Å². The number of aryl methyl sites for hydroxylation is 2. The van der Waals surface area contributed by atoms with Crippen molar-refractivity contribution in [3.8, 4) is 5.75 Å². The summed E-state index contributed by atoms with van der Waals surface area (Å²) in [7, 11) is 0. The Kier molecular flexibility index (Phi) is 7.18. The first kappa shape index (κ1) is 17.1. The van der Waals surface area contributed by atoms with E-state index in [0.717, 1.165) is 31.6 Å². The van der Waals surface area contributed by atoms with Crippen molar-refractivity contribution in [3.05, 3.63) is 65.7 Å². The number of unbranched alkanes of at least 4 members (excludes halogenated alkanes) is 2. The Morgan fingerprint density at radius 1 is 0.826 bits per heavy atom. The van der Waals surface area contributed by atoms with Gasteiger partial charge in [-0.1, -0.05) is 42.5 Å². The number of amidine groups is 1. The maximum absolute atomic E-state index is 7.24. The molecule has 0 saturated carbocycles. The molecule has 0 atom stereocenters. The molecule has 0 unspecified atom stereocenters. The summed E-state index contributed by atoms with van der Waals surface area (Å²) in [4.78, 5) is 0. The maximum atomic E-state index is 7.24. The van der Waals surface area contributed by atoms with E-state index in [2.05, 4.69) is 30.3 Å². The van der Waals surface area contributed by atoms with Crippen LogP contribution in [-0.4, -0.2) is 12.4 Å². The number of ether oxygens (including phenoxy) is 1. The molecular weight excluding hydrogens is 284 g/mol. The minimum atomic E-state index is 0.237. The average molecular weight is 310 g/mol. The molecule has 0 bridgehead atoms. The summed E-state index contributed by atoms with van der Waals surface area (Å²) in [6, 6.07) is 18.7. The van der Waals surface area contributed by atoms with Gasteiger partial charge >= 0.3 is 0 Å². The van der Waals surface area contributed by atoms with E-state index in [1.165, 1.54) is 24.0 Å². The summed E-state index contributed by atoms with van der Waals surface area (Å²) in [5, 5.41) is 7.24. The Hall–Kier alpha value is -2.29. The molecule has 122 valence electrons. The smallest absolute Gasteiger partial charge is 0.119 e. The lowest BCUT2D eigenvalue weighted by Gasteiger charge is -2.07. The van der Waals surface area contributed by atoms with Crippen molar-refractivity contribution < 1.29 is 4.74 Å². The van der Waals surface area contributed by atoms with E-state index in [-0.39, 0.29) is 5.84 Å². The van der Waals surface area contributed by atoms with Crippen LogP contribution in [0.3, 0.4) is 0 Å². The zero-order valence-corrected chi connectivity index (χ0v) is 13.6. The minimum Gasteiger partial charge on any atom is -0.494 e. The average Bonchev–Trinajstić information content (AvgIpc) is 2.58. The van der Waals surface area contributed by atoms with E-state index >= 15 is 0 Å². The Balaban J connectivity index is 1.58. The van der Waals surface area contributed by atoms with Crippen molar-refractivity contribution in [2.24, 2.45) is 5.73 Å². The van der Waals surface area contributed by atoms with Gasteiger partial charge in [0.2, 0.25) is 0 Å². The lowest BCUT2D eigenvalue weighted by molar-refractivity contribution is 0.305. The Labute approximate surface area is 139 Å². The summed E-state index contributed by atoms with van der Waals surface area (Å²) in [6.45, 7) is 0.765. The second kappa shape index (κ2) is 9.67. The molecule has 2 rings (SSSR count). The van der Waals surface area contributed by atoms with Gasteiger partial charge in [-0.15, -0.1) is 0 Å². The van der Waals surface area contributed by atoms with Crippen LogP contribution in [0.15, 0.2) is 54.6 Å². The molecule has 0 aliphatic rings. The summed E-state index contributed by atoms with van der Waals surface area (Å²) in [5.74, 6) is 1.15. The number of hydrogen-bond donors (Lipinski definition) is 2. The standard InChI is InChI=1S/C20H26N2O/c21-20(22)15-12-18-10-13-19(14-11-18)23-16-6-2-5-9-17-7-3-1-4-8-17/h1,3-4,7-8,10-11,13-14H,2,5-6,9,12,15-16H2,(H3,21,22). The van der Waals surface area contributed by atoms with Crippen LogP contribution in [0.4, 0.5) is 0 Å². The van der Waals surface area contributed by atoms with Gasteiger partial charge in [-0.3, -0.25) is 5.41 Å². The molecule has 3 heteroatoms. The molecule has 0 aromatic heterocycles. The van der Waals surface area contributed by atoms with Crippen molar-refractivity contribution in [1.29, 1.82) is 5.41 Å². The lowest BCUT2D eigenvalue weighted by Crippen LogP contribution is -2.10. The largest absolute Gasteiger partial charge is 0.494 e. The van der Waals surface area contributed by atoms with Crippen molar-refractivity contribution in [2.75, 3.05) is 6.61 Å². The Bertz CT molecular complexity index is 578. The van der Waals surface area contributed by atoms with Crippen LogP contribution in [0, 0.1) is 5.41 Å². The van der Waals surface area contributed by atoms with Gasteiger partial charge in [0.05, 0.1) is 12.4 Å². The fourth-order valence-corrected chi connectivity index (χ4v) is 2.47. The highest BCUT2D eigenvalue weighted by Gasteiger charge is 1.98. The predicted molar refractivity (Wildman–Crippen MR) is 96.2 cm³/mol. The number of hydrogen-bond acceptors (Lipinski definition) is 2. The number of nitrogens with two attached hydrogens (primary N) is 1. The van der Waals surface area contributed by atoms with E-state index in [4.69, 9.17) is 15.9 Å². The highest BCUT2D eigenvalue weighted by molar-refractivity contribution is 5.77. The summed E-state index contributed by atoms with van der Waals surface area (Å²) in [5.41, 5.74) is 7.97. The predicted octanol–water partition coefficient (Wildman–Crippen LogP) is 4.35. The van der Waals surface area contributed by atoms with Crippen LogP contribution >= 0.6 is 0 Å². The summed E-state index contributed by atoms with van der Waals surface area (Å²) < 4.78 is 5.77. The molecule has 0 fully saturated rings. The SMILES string of the molecule is N=C(N)CCc1ccc(OCCCCCc2ccccc2)cc1. The molecule has 2 aromatic carbocycles. The van der Waals surface area contributed by atoms with Gasteiger partial charge in [-0.2, -0.15) is 0 Å². The summed E-state index contributed by atoms with van der Waals surface area (Å²) >= 11 is 0. The molecule has 0 spiro atoms. The first-order chi connectivity index (χ1) is 11.2. The molecule has 0 aliphatic heterocycles. The van der Waals surface area contributed by atoms with Gasteiger partial charge < -0.3 is 10.5 Å². The number of nitrogens with one attached hydrogen (secondary N) is 1. The normalized spacial score (nSPS) is 10.4. The van der Waals surface area contributed by atoms with Crippen LogP contribution in [0.2, 0.25) is 0 Å². The third kappa shape index (κ3) is 7.00. The zero-order valence-electron chi connectivity index (χ0n) is 13.6. The van der Waals surface area contributed by atoms with Gasteiger partial charge in [0.15, 0.2) is 0 Å². The fourth-order valence-electron chi connectivity index (χ4n) is 2.47. The first-order valence-electron chi connectivity index (χ1n) is 8.32. The highest BCUT2D eigenvalue weighted by atomic mass is 16.5. The van der Waals surface area contributed by atoms with Gasteiger partial charge in [0.1, 0.15) is 5.75 Å². The molecule has 23 heavy (non-hydrogen) atoms. The molecule has 2 aromatic rings. The van der Waals surface area contributed by atoms with Crippen LogP contribution < -0.4 is 10.5 Å². The maximum Gasteiger partial charge on any atom is 0.119 e. The van der Waals surface area contributed by atoms with Crippen LogP contribution in [-0.2, 0) is 12.8 Å². The van der Waals surface area contributed by atoms with E-state index < -0.39 is 0 Å². The Morgan fingerprint density at radius 2 is 1.52 bits per heavy atom. The Morgan fingerprint density at radius 3 is 2.22 bits per heavy atom. The lowest BCUT2D eigenvalue weighted by atomic mass is 10.1. The van der Waals surface area contributed by atoms with Gasteiger partial charge in [-0.25, -0.2) is 0 Å². The van der Waals surface area contributed by atoms with Gasteiger partial charge in [0.25, 0.3) is 0 Å². The first-order valence-corrected chi connectivity index (χ1v) is 8.32. The number of benzene rings is 2. The molecule has 0 amide bonds. The van der Waals surface area contributed by atoms with Crippen LogP contribution in [0.1, 0.15) is 36.8 Å². The van der Waals surface area contributed by atoms with Crippen LogP contribution in [0.5, 0.6) is 5.75 Å². The van der Waals surface area contributed by atoms with E-state index in [1.807, 2.05) is 24.3 Å². The van der Waals surface area contributed by atoms with Crippen molar-refractivity contribution in [1.82, 2.24) is 0 Å². The molecule has 3 nitrogen and oxygen atoms in total. The zero-order chi connectivity index (χ0) is 16.3. The minimum absolute atomic E-state index is 0.237. The second-order valence-corrected chi connectivity index (χ2v) is 5.81. The third-order valence-electron chi connectivity index (χ3n) is 3.83. The van der Waals surface area contributed by atoms with E-state index in [0.29, 0.717) is 6.42 Å². The van der Waals surface area contributed by atoms with Gasteiger partial charge in [-0.05, 0) is 55.4 Å². The monoisotopic (exact) mass is 310 g/mol. The quantitative estimate of drug-likeness (QED) is 0.389. The molecule has 0 saturated heterocycles. The number of rotatable bonds is 10. The topological polar surface area (TPSA) is 59.1 Å². The van der Waals surface area contributed by atoms with Gasteiger partial charge in [0, 0.05) is 6.42 Å². The highest BCUT2D eigenvalue weighted by Crippen LogP contribution is 2.14. The second-order valence-electron chi connectivity index (χ2n) is 5.81. The van der Waals surface area contributed by atoms with Crippen molar-refractivity contribution in [2.45, 2.75) is 38.5 Å².